The number of unbranched alkanes of at least 4 members (excludes halogenated alkanes) is 3. The van der Waals surface area contributed by atoms with Gasteiger partial charge < -0.3 is 15.2 Å². The Balaban J connectivity index is 3.02. The molecule has 0 saturated carbocycles. The summed E-state index contributed by atoms with van der Waals surface area (Å²) < 4.78 is 5.10. The van der Waals surface area contributed by atoms with Gasteiger partial charge >= 0.3 is 0 Å². The first-order chi connectivity index (χ1) is 6.81. The maximum absolute atomic E-state index is 9.40. The third-order valence-electron chi connectivity index (χ3n) is 2.10. The summed E-state index contributed by atoms with van der Waals surface area (Å²) in [5.74, 6) is 0. The van der Waals surface area contributed by atoms with Gasteiger partial charge in [0.1, 0.15) is 0 Å². The van der Waals surface area contributed by atoms with Gasteiger partial charge in [0, 0.05) is 13.2 Å². The Kier molecular flexibility index (Phi) is 10.9. The van der Waals surface area contributed by atoms with Crippen LogP contribution in [-0.2, 0) is 4.74 Å². The lowest BCUT2D eigenvalue weighted by Crippen LogP contribution is -2.31. The van der Waals surface area contributed by atoms with Gasteiger partial charge in [-0.15, -0.1) is 0 Å². The third-order valence-corrected chi connectivity index (χ3v) is 2.10. The zero-order chi connectivity index (χ0) is 10.6. The van der Waals surface area contributed by atoms with Crippen LogP contribution in [0.15, 0.2) is 0 Å². The highest BCUT2D eigenvalue weighted by atomic mass is 16.5. The molecule has 14 heavy (non-hydrogen) atoms. The quantitative estimate of drug-likeness (QED) is 0.529. The summed E-state index contributed by atoms with van der Waals surface area (Å²) in [5.41, 5.74) is 0. The van der Waals surface area contributed by atoms with E-state index in [0.717, 1.165) is 6.54 Å². The first-order valence-electron chi connectivity index (χ1n) is 5.77. The van der Waals surface area contributed by atoms with Gasteiger partial charge in [-0.05, 0) is 19.9 Å². The largest absolute Gasteiger partial charge is 0.389 e. The molecule has 0 bridgehead atoms. The molecular formula is C11H25NO2. The van der Waals surface area contributed by atoms with E-state index in [2.05, 4.69) is 12.2 Å². The van der Waals surface area contributed by atoms with E-state index in [9.17, 15) is 5.11 Å². The normalized spacial score (nSPS) is 13.1. The van der Waals surface area contributed by atoms with Crippen LogP contribution in [0.5, 0.6) is 0 Å². The second-order valence-electron chi connectivity index (χ2n) is 3.58. The molecule has 0 saturated heterocycles. The van der Waals surface area contributed by atoms with Gasteiger partial charge in [0.25, 0.3) is 0 Å². The molecule has 0 aliphatic heterocycles. The molecule has 0 aromatic carbocycles. The fourth-order valence-corrected chi connectivity index (χ4v) is 1.26. The lowest BCUT2D eigenvalue weighted by molar-refractivity contribution is 0.0429. The number of rotatable bonds is 10. The van der Waals surface area contributed by atoms with E-state index in [-0.39, 0.29) is 6.10 Å². The van der Waals surface area contributed by atoms with E-state index < -0.39 is 0 Å². The molecule has 86 valence electrons. The van der Waals surface area contributed by atoms with Gasteiger partial charge in [0.05, 0.1) is 12.7 Å². The Morgan fingerprint density at radius 3 is 2.64 bits per heavy atom. The molecule has 3 heteroatoms. The van der Waals surface area contributed by atoms with Crippen molar-refractivity contribution in [3.8, 4) is 0 Å². The summed E-state index contributed by atoms with van der Waals surface area (Å²) in [6.45, 7) is 6.91. The van der Waals surface area contributed by atoms with E-state index in [1.807, 2.05) is 6.92 Å². The van der Waals surface area contributed by atoms with Gasteiger partial charge in [-0.1, -0.05) is 26.2 Å². The molecule has 3 nitrogen and oxygen atoms in total. The van der Waals surface area contributed by atoms with Crippen LogP contribution in [0.2, 0.25) is 0 Å². The fourth-order valence-electron chi connectivity index (χ4n) is 1.26. The zero-order valence-electron chi connectivity index (χ0n) is 9.59. The maximum Gasteiger partial charge on any atom is 0.0897 e. The van der Waals surface area contributed by atoms with E-state index >= 15 is 0 Å². The van der Waals surface area contributed by atoms with Crippen molar-refractivity contribution >= 4 is 0 Å². The molecule has 0 aromatic rings. The van der Waals surface area contributed by atoms with Gasteiger partial charge in [-0.25, -0.2) is 0 Å². The molecule has 0 aromatic heterocycles. The molecule has 0 spiro atoms. The van der Waals surface area contributed by atoms with Crippen LogP contribution in [0.25, 0.3) is 0 Å². The van der Waals surface area contributed by atoms with Crippen LogP contribution in [0.3, 0.4) is 0 Å². The number of hydrogen-bond donors (Lipinski definition) is 2. The second kappa shape index (κ2) is 11.0. The van der Waals surface area contributed by atoms with Gasteiger partial charge in [-0.3, -0.25) is 0 Å². The standard InChI is InChI=1S/C11H25NO2/c1-3-5-6-7-8-12-9-11(13)10-14-4-2/h11-13H,3-10H2,1-2H3. The Labute approximate surface area is 87.8 Å². The van der Waals surface area contributed by atoms with E-state index in [1.165, 1.54) is 25.7 Å². The summed E-state index contributed by atoms with van der Waals surface area (Å²) in [5, 5.41) is 12.6. The van der Waals surface area contributed by atoms with Crippen LogP contribution in [0.1, 0.15) is 39.5 Å². The minimum Gasteiger partial charge on any atom is -0.389 e. The first kappa shape index (κ1) is 13.9. The number of hydrogen-bond acceptors (Lipinski definition) is 3. The molecular weight excluding hydrogens is 178 g/mol. The Morgan fingerprint density at radius 2 is 2.00 bits per heavy atom. The van der Waals surface area contributed by atoms with Crippen molar-refractivity contribution in [1.82, 2.24) is 5.32 Å². The summed E-state index contributed by atoms with van der Waals surface area (Å²) in [6, 6.07) is 0. The van der Waals surface area contributed by atoms with Crippen molar-refractivity contribution in [3.63, 3.8) is 0 Å². The second-order valence-corrected chi connectivity index (χ2v) is 3.58. The van der Waals surface area contributed by atoms with Gasteiger partial charge in [0.2, 0.25) is 0 Å². The SMILES string of the molecule is CCCCCCNCC(O)COCC. The third kappa shape index (κ3) is 9.96. The average molecular weight is 203 g/mol. The molecule has 0 radical (unpaired) electrons. The predicted molar refractivity (Wildman–Crippen MR) is 59.5 cm³/mol. The number of nitrogens with one attached hydrogen (secondary N) is 1. The summed E-state index contributed by atoms with van der Waals surface area (Å²) in [4.78, 5) is 0. The van der Waals surface area contributed by atoms with Crippen molar-refractivity contribution in [3.05, 3.63) is 0 Å². The average Bonchev–Trinajstić information content (AvgIpc) is 2.20. The smallest absolute Gasteiger partial charge is 0.0897 e. The van der Waals surface area contributed by atoms with Crippen molar-refractivity contribution in [2.45, 2.75) is 45.6 Å². The van der Waals surface area contributed by atoms with E-state index in [0.29, 0.717) is 19.8 Å². The molecule has 0 aliphatic carbocycles. The van der Waals surface area contributed by atoms with Crippen molar-refractivity contribution in [2.75, 3.05) is 26.3 Å². The molecule has 0 aliphatic rings. The van der Waals surface area contributed by atoms with Crippen LogP contribution in [-0.4, -0.2) is 37.5 Å². The van der Waals surface area contributed by atoms with Crippen molar-refractivity contribution in [2.24, 2.45) is 0 Å². The minimum absolute atomic E-state index is 0.360. The van der Waals surface area contributed by atoms with Gasteiger partial charge in [0.15, 0.2) is 0 Å². The van der Waals surface area contributed by atoms with Crippen molar-refractivity contribution < 1.29 is 9.84 Å². The van der Waals surface area contributed by atoms with E-state index in [4.69, 9.17) is 4.74 Å². The van der Waals surface area contributed by atoms with Crippen LogP contribution in [0.4, 0.5) is 0 Å². The number of aliphatic hydroxyl groups is 1. The van der Waals surface area contributed by atoms with E-state index in [1.54, 1.807) is 0 Å². The highest BCUT2D eigenvalue weighted by Gasteiger charge is 2.01. The topological polar surface area (TPSA) is 41.5 Å². The number of ether oxygens (including phenoxy) is 1. The van der Waals surface area contributed by atoms with Crippen LogP contribution >= 0.6 is 0 Å². The maximum atomic E-state index is 9.40. The Bertz CT molecular complexity index is 109. The summed E-state index contributed by atoms with van der Waals surface area (Å²) in [6.07, 6.45) is 4.71. The van der Waals surface area contributed by atoms with Crippen LogP contribution < -0.4 is 5.32 Å². The Hall–Kier alpha value is -0.120. The lowest BCUT2D eigenvalue weighted by atomic mass is 10.2. The number of aliphatic hydroxyl groups excluding tert-OH is 1. The predicted octanol–water partition coefficient (Wildman–Crippen LogP) is 1.55. The molecule has 0 fully saturated rings. The molecule has 0 heterocycles. The molecule has 0 amide bonds. The molecule has 2 N–H and O–H groups in total. The minimum atomic E-state index is -0.360. The molecule has 0 rings (SSSR count). The Morgan fingerprint density at radius 1 is 1.21 bits per heavy atom. The summed E-state index contributed by atoms with van der Waals surface area (Å²) >= 11 is 0. The zero-order valence-corrected chi connectivity index (χ0v) is 9.59. The van der Waals surface area contributed by atoms with Gasteiger partial charge in [-0.2, -0.15) is 0 Å². The molecule has 1 atom stereocenters. The lowest BCUT2D eigenvalue weighted by Gasteiger charge is -2.11. The monoisotopic (exact) mass is 203 g/mol. The first-order valence-corrected chi connectivity index (χ1v) is 5.77. The van der Waals surface area contributed by atoms with Crippen molar-refractivity contribution in [1.29, 1.82) is 0 Å². The highest BCUT2D eigenvalue weighted by Crippen LogP contribution is 1.96. The summed E-state index contributed by atoms with van der Waals surface area (Å²) in [7, 11) is 0. The fraction of sp³-hybridized carbons (Fsp3) is 1.00. The van der Waals surface area contributed by atoms with Crippen LogP contribution in [0, 0.1) is 0 Å². The molecule has 1 unspecified atom stereocenters. The highest BCUT2D eigenvalue weighted by molar-refractivity contribution is 4.58.